The van der Waals surface area contributed by atoms with Gasteiger partial charge in [-0.05, 0) is 50.6 Å². The number of hydrogen-bond donors (Lipinski definition) is 3. The minimum atomic E-state index is -0.834. The van der Waals surface area contributed by atoms with Crippen molar-refractivity contribution in [2.45, 2.75) is 38.8 Å². The number of carbonyl (C=O) groups is 3. The Bertz CT molecular complexity index is 1280. The van der Waals surface area contributed by atoms with E-state index in [4.69, 9.17) is 0 Å². The molecule has 32 heavy (non-hydrogen) atoms. The van der Waals surface area contributed by atoms with Crippen LogP contribution in [0.25, 0.3) is 10.9 Å². The van der Waals surface area contributed by atoms with E-state index in [-0.39, 0.29) is 42.2 Å². The number of fused-ring (bicyclic) bond motifs is 2. The molecule has 164 valence electrons. The molecule has 1 aromatic heterocycles. The molecule has 0 spiro atoms. The van der Waals surface area contributed by atoms with Crippen LogP contribution in [0.5, 0.6) is 0 Å². The van der Waals surface area contributed by atoms with E-state index in [1.165, 1.54) is 10.9 Å². The summed E-state index contributed by atoms with van der Waals surface area (Å²) in [5, 5.41) is 8.55. The lowest BCUT2D eigenvalue weighted by Crippen LogP contribution is -2.41. The molecule has 9 heteroatoms. The van der Waals surface area contributed by atoms with Crippen molar-refractivity contribution in [1.82, 2.24) is 14.9 Å². The van der Waals surface area contributed by atoms with Crippen LogP contribution < -0.4 is 21.5 Å². The highest BCUT2D eigenvalue weighted by atomic mass is 16.2. The highest BCUT2D eigenvalue weighted by Gasteiger charge is 2.27. The zero-order valence-corrected chi connectivity index (χ0v) is 17.7. The number of rotatable bonds is 5. The van der Waals surface area contributed by atoms with Crippen molar-refractivity contribution < 1.29 is 14.4 Å². The number of amides is 3. The van der Waals surface area contributed by atoms with Crippen LogP contribution in [-0.4, -0.2) is 33.3 Å². The third kappa shape index (κ3) is 4.22. The molecule has 4 rings (SSSR count). The number of hydrogen-bond acceptors (Lipinski definition) is 5. The Morgan fingerprint density at radius 1 is 1.16 bits per heavy atom. The standard InChI is InChI=1S/C23H23N5O4/c1-13(2)28-12-24-17-8-7-14(11-16(17)23(28)32)25-20(29)10-9-19-22(31)26-18-6-4-3-5-15(18)21(30)27-19/h3-8,11-13,19H,9-10H2,1-2H3,(H,25,29)(H,26,31)(H,27,30). The van der Waals surface area contributed by atoms with E-state index in [0.29, 0.717) is 27.8 Å². The van der Waals surface area contributed by atoms with Gasteiger partial charge in [-0.2, -0.15) is 0 Å². The fourth-order valence-corrected chi connectivity index (χ4v) is 3.60. The predicted octanol–water partition coefficient (Wildman–Crippen LogP) is 2.45. The molecule has 3 N–H and O–H groups in total. The number of nitrogens with one attached hydrogen (secondary N) is 3. The van der Waals surface area contributed by atoms with E-state index in [1.54, 1.807) is 42.5 Å². The lowest BCUT2D eigenvalue weighted by Gasteiger charge is -2.14. The summed E-state index contributed by atoms with van der Waals surface area (Å²) in [6, 6.07) is 10.8. The van der Waals surface area contributed by atoms with Crippen molar-refractivity contribution in [3.63, 3.8) is 0 Å². The van der Waals surface area contributed by atoms with Crippen LogP contribution in [0.3, 0.4) is 0 Å². The largest absolute Gasteiger partial charge is 0.340 e. The molecule has 0 radical (unpaired) electrons. The summed E-state index contributed by atoms with van der Waals surface area (Å²) in [7, 11) is 0. The highest BCUT2D eigenvalue weighted by Crippen LogP contribution is 2.20. The van der Waals surface area contributed by atoms with Crippen molar-refractivity contribution in [3.05, 3.63) is 64.7 Å². The maximum Gasteiger partial charge on any atom is 0.261 e. The Labute approximate surface area is 183 Å². The number of carbonyl (C=O) groups excluding carboxylic acids is 3. The second-order valence-electron chi connectivity index (χ2n) is 7.93. The molecule has 0 saturated carbocycles. The van der Waals surface area contributed by atoms with Gasteiger partial charge in [0.15, 0.2) is 0 Å². The fraction of sp³-hybridized carbons (Fsp3) is 0.261. The minimum absolute atomic E-state index is 0.00994. The van der Waals surface area contributed by atoms with Gasteiger partial charge in [0.25, 0.3) is 11.5 Å². The van der Waals surface area contributed by atoms with Crippen LogP contribution in [0.15, 0.2) is 53.6 Å². The van der Waals surface area contributed by atoms with Gasteiger partial charge in [0.05, 0.1) is 28.5 Å². The fourth-order valence-electron chi connectivity index (χ4n) is 3.60. The topological polar surface area (TPSA) is 122 Å². The van der Waals surface area contributed by atoms with Crippen molar-refractivity contribution in [2.75, 3.05) is 10.6 Å². The molecule has 9 nitrogen and oxygen atoms in total. The molecule has 0 aliphatic carbocycles. The normalized spacial score (nSPS) is 15.7. The van der Waals surface area contributed by atoms with E-state index in [1.807, 2.05) is 13.8 Å². The first-order valence-electron chi connectivity index (χ1n) is 10.3. The molecule has 1 unspecified atom stereocenters. The molecular formula is C23H23N5O4. The smallest absolute Gasteiger partial charge is 0.261 e. The molecule has 0 bridgehead atoms. The molecule has 3 aromatic rings. The van der Waals surface area contributed by atoms with Gasteiger partial charge < -0.3 is 16.0 Å². The third-order valence-electron chi connectivity index (χ3n) is 5.33. The second kappa shape index (κ2) is 8.62. The van der Waals surface area contributed by atoms with Crippen molar-refractivity contribution in [2.24, 2.45) is 0 Å². The number of aromatic nitrogens is 2. The van der Waals surface area contributed by atoms with E-state index in [2.05, 4.69) is 20.9 Å². The van der Waals surface area contributed by atoms with Crippen LogP contribution in [0.2, 0.25) is 0 Å². The van der Waals surface area contributed by atoms with Gasteiger partial charge in [-0.1, -0.05) is 12.1 Å². The van der Waals surface area contributed by atoms with E-state index >= 15 is 0 Å². The predicted molar refractivity (Wildman–Crippen MR) is 121 cm³/mol. The van der Waals surface area contributed by atoms with Crippen LogP contribution >= 0.6 is 0 Å². The number of nitrogens with zero attached hydrogens (tertiary/aromatic N) is 2. The van der Waals surface area contributed by atoms with Crippen LogP contribution in [0.4, 0.5) is 11.4 Å². The summed E-state index contributed by atoms with van der Waals surface area (Å²) in [4.78, 5) is 54.3. The van der Waals surface area contributed by atoms with Gasteiger partial charge in [0.2, 0.25) is 11.8 Å². The molecule has 2 heterocycles. The Morgan fingerprint density at radius 2 is 1.94 bits per heavy atom. The maximum absolute atomic E-state index is 12.7. The average Bonchev–Trinajstić information content (AvgIpc) is 2.88. The van der Waals surface area contributed by atoms with Crippen molar-refractivity contribution in [3.8, 4) is 0 Å². The monoisotopic (exact) mass is 433 g/mol. The van der Waals surface area contributed by atoms with Gasteiger partial charge in [-0.15, -0.1) is 0 Å². The Hall–Kier alpha value is -4.01. The molecule has 0 fully saturated rings. The number of anilines is 2. The molecule has 3 amide bonds. The van der Waals surface area contributed by atoms with Gasteiger partial charge in [-0.3, -0.25) is 23.7 Å². The Balaban J connectivity index is 1.43. The molecule has 0 saturated heterocycles. The third-order valence-corrected chi connectivity index (χ3v) is 5.33. The summed E-state index contributed by atoms with van der Waals surface area (Å²) in [6.07, 6.45) is 1.65. The summed E-state index contributed by atoms with van der Waals surface area (Å²) >= 11 is 0. The summed E-state index contributed by atoms with van der Waals surface area (Å²) in [6.45, 7) is 3.78. The Kier molecular flexibility index (Phi) is 5.72. The lowest BCUT2D eigenvalue weighted by atomic mass is 10.1. The van der Waals surface area contributed by atoms with Crippen molar-refractivity contribution >= 4 is 40.0 Å². The molecule has 1 aliphatic heterocycles. The lowest BCUT2D eigenvalue weighted by molar-refractivity contribution is -0.118. The van der Waals surface area contributed by atoms with Gasteiger partial charge in [0, 0.05) is 18.2 Å². The number of para-hydroxylation sites is 1. The highest BCUT2D eigenvalue weighted by molar-refractivity contribution is 6.10. The van der Waals surface area contributed by atoms with E-state index in [9.17, 15) is 19.2 Å². The second-order valence-corrected chi connectivity index (χ2v) is 7.93. The zero-order valence-electron chi connectivity index (χ0n) is 17.7. The van der Waals surface area contributed by atoms with E-state index < -0.39 is 6.04 Å². The first-order valence-corrected chi connectivity index (χ1v) is 10.3. The van der Waals surface area contributed by atoms with Crippen LogP contribution in [0, 0.1) is 0 Å². The quantitative estimate of drug-likeness (QED) is 0.571. The first-order chi connectivity index (χ1) is 15.3. The average molecular weight is 433 g/mol. The Morgan fingerprint density at radius 3 is 2.72 bits per heavy atom. The molecule has 1 atom stereocenters. The molecule has 1 aliphatic rings. The van der Waals surface area contributed by atoms with Gasteiger partial charge in [-0.25, -0.2) is 4.98 Å². The zero-order chi connectivity index (χ0) is 22.8. The number of benzene rings is 2. The summed E-state index contributed by atoms with van der Waals surface area (Å²) < 4.78 is 1.53. The minimum Gasteiger partial charge on any atom is -0.340 e. The molecular weight excluding hydrogens is 410 g/mol. The van der Waals surface area contributed by atoms with E-state index in [0.717, 1.165) is 0 Å². The molecule has 2 aromatic carbocycles. The van der Waals surface area contributed by atoms with Crippen molar-refractivity contribution in [1.29, 1.82) is 0 Å². The van der Waals surface area contributed by atoms with Crippen LogP contribution in [0.1, 0.15) is 43.1 Å². The van der Waals surface area contributed by atoms with Crippen LogP contribution in [-0.2, 0) is 9.59 Å². The maximum atomic E-state index is 12.7. The summed E-state index contributed by atoms with van der Waals surface area (Å²) in [5.41, 5.74) is 1.65. The van der Waals surface area contributed by atoms with Gasteiger partial charge in [0.1, 0.15) is 6.04 Å². The SMILES string of the molecule is CC(C)n1cnc2ccc(NC(=O)CCC3NC(=O)c4ccccc4NC3=O)cc2c1=O. The van der Waals surface area contributed by atoms with Gasteiger partial charge >= 0.3 is 0 Å². The first kappa shape index (κ1) is 21.2. The summed E-state index contributed by atoms with van der Waals surface area (Å²) in [5.74, 6) is -1.07.